The van der Waals surface area contributed by atoms with Crippen LogP contribution in [0.5, 0.6) is 11.5 Å². The number of hydrogen-bond donors (Lipinski definition) is 1. The van der Waals surface area contributed by atoms with Crippen LogP contribution in [0.1, 0.15) is 31.9 Å². The summed E-state index contributed by atoms with van der Waals surface area (Å²) in [6.45, 7) is 5.21. The van der Waals surface area contributed by atoms with E-state index < -0.39 is 0 Å². The molecule has 0 aliphatic heterocycles. The van der Waals surface area contributed by atoms with Crippen molar-refractivity contribution in [3.05, 3.63) is 23.8 Å². The Bertz CT molecular complexity index is 326. The van der Waals surface area contributed by atoms with Crippen LogP contribution in [0.15, 0.2) is 18.2 Å². The predicted octanol–water partition coefficient (Wildman–Crippen LogP) is 2.76. The maximum Gasteiger partial charge on any atom is 0.123 e. The van der Waals surface area contributed by atoms with Gasteiger partial charge >= 0.3 is 0 Å². The van der Waals surface area contributed by atoms with Gasteiger partial charge in [-0.2, -0.15) is 0 Å². The van der Waals surface area contributed by atoms with Crippen LogP contribution in [0, 0.1) is 0 Å². The minimum atomic E-state index is 0.315. The Morgan fingerprint density at radius 2 is 1.94 bits per heavy atom. The summed E-state index contributed by atoms with van der Waals surface area (Å²) in [5, 5.41) is 3.44. The number of benzene rings is 1. The third-order valence-electron chi connectivity index (χ3n) is 2.67. The van der Waals surface area contributed by atoms with E-state index in [2.05, 4.69) is 19.2 Å². The zero-order valence-corrected chi connectivity index (χ0v) is 10.5. The molecule has 90 valence electrons. The van der Waals surface area contributed by atoms with Gasteiger partial charge in [-0.25, -0.2) is 0 Å². The lowest BCUT2D eigenvalue weighted by molar-refractivity contribution is 0.388. The van der Waals surface area contributed by atoms with Crippen molar-refractivity contribution in [3.63, 3.8) is 0 Å². The fourth-order valence-corrected chi connectivity index (χ4v) is 1.83. The molecule has 0 saturated heterocycles. The predicted molar refractivity (Wildman–Crippen MR) is 66.3 cm³/mol. The maximum absolute atomic E-state index is 5.38. The summed E-state index contributed by atoms with van der Waals surface area (Å²) in [4.78, 5) is 0. The van der Waals surface area contributed by atoms with E-state index >= 15 is 0 Å². The highest BCUT2D eigenvalue weighted by Gasteiger charge is 2.14. The van der Waals surface area contributed by atoms with Crippen molar-refractivity contribution >= 4 is 0 Å². The van der Waals surface area contributed by atoms with Crippen molar-refractivity contribution in [1.29, 1.82) is 0 Å². The van der Waals surface area contributed by atoms with Crippen LogP contribution in [0.4, 0.5) is 0 Å². The molecular weight excluding hydrogens is 202 g/mol. The standard InChI is InChI=1S/C13H21NO2/c1-5-12(14-6-2)11-9-10(15-3)7-8-13(11)16-4/h7-9,12,14H,5-6H2,1-4H3/t12-/m0/s1. The largest absolute Gasteiger partial charge is 0.497 e. The van der Waals surface area contributed by atoms with Gasteiger partial charge in [-0.1, -0.05) is 13.8 Å². The average Bonchev–Trinajstić information content (AvgIpc) is 2.35. The Kier molecular flexibility index (Phi) is 5.12. The summed E-state index contributed by atoms with van der Waals surface area (Å²) in [6, 6.07) is 6.22. The van der Waals surface area contributed by atoms with Gasteiger partial charge in [0.1, 0.15) is 11.5 Å². The molecule has 0 heterocycles. The molecule has 1 atom stereocenters. The van der Waals surface area contributed by atoms with E-state index in [1.807, 2.05) is 18.2 Å². The molecule has 0 bridgehead atoms. The van der Waals surface area contributed by atoms with Gasteiger partial charge in [0.05, 0.1) is 14.2 Å². The Morgan fingerprint density at radius 1 is 1.19 bits per heavy atom. The molecule has 1 aromatic rings. The van der Waals surface area contributed by atoms with E-state index in [0.29, 0.717) is 6.04 Å². The Hall–Kier alpha value is -1.22. The first-order valence-corrected chi connectivity index (χ1v) is 5.72. The highest BCUT2D eigenvalue weighted by Crippen LogP contribution is 2.30. The van der Waals surface area contributed by atoms with Crippen LogP contribution < -0.4 is 14.8 Å². The normalized spacial score (nSPS) is 12.2. The highest BCUT2D eigenvalue weighted by molar-refractivity contribution is 5.42. The van der Waals surface area contributed by atoms with Crippen molar-refractivity contribution in [2.24, 2.45) is 0 Å². The number of nitrogens with one attached hydrogen (secondary N) is 1. The second-order valence-corrected chi connectivity index (χ2v) is 3.63. The molecule has 0 unspecified atom stereocenters. The molecule has 0 aromatic heterocycles. The second-order valence-electron chi connectivity index (χ2n) is 3.63. The van der Waals surface area contributed by atoms with Crippen molar-refractivity contribution < 1.29 is 9.47 Å². The van der Waals surface area contributed by atoms with E-state index in [4.69, 9.17) is 9.47 Å². The average molecular weight is 223 g/mol. The lowest BCUT2D eigenvalue weighted by Gasteiger charge is -2.19. The fourth-order valence-electron chi connectivity index (χ4n) is 1.83. The third kappa shape index (κ3) is 2.89. The van der Waals surface area contributed by atoms with Gasteiger partial charge in [0.2, 0.25) is 0 Å². The van der Waals surface area contributed by atoms with Crippen LogP contribution >= 0.6 is 0 Å². The first-order chi connectivity index (χ1) is 7.76. The molecule has 1 aromatic carbocycles. The van der Waals surface area contributed by atoms with Gasteiger partial charge in [-0.3, -0.25) is 0 Å². The molecule has 0 saturated carbocycles. The SMILES string of the molecule is CCN[C@@H](CC)c1cc(OC)ccc1OC. The van der Waals surface area contributed by atoms with E-state index in [1.54, 1.807) is 14.2 Å². The number of hydrogen-bond acceptors (Lipinski definition) is 3. The van der Waals surface area contributed by atoms with Crippen molar-refractivity contribution in [2.45, 2.75) is 26.3 Å². The molecule has 3 heteroatoms. The minimum Gasteiger partial charge on any atom is -0.497 e. The molecular formula is C13H21NO2. The van der Waals surface area contributed by atoms with Crippen LogP contribution in [0.3, 0.4) is 0 Å². The van der Waals surface area contributed by atoms with Crippen molar-refractivity contribution in [3.8, 4) is 11.5 Å². The molecule has 0 radical (unpaired) electrons. The molecule has 1 N–H and O–H groups in total. The van der Waals surface area contributed by atoms with Gasteiger partial charge in [-0.05, 0) is 31.2 Å². The molecule has 16 heavy (non-hydrogen) atoms. The summed E-state index contributed by atoms with van der Waals surface area (Å²) < 4.78 is 10.6. The Morgan fingerprint density at radius 3 is 2.44 bits per heavy atom. The smallest absolute Gasteiger partial charge is 0.123 e. The van der Waals surface area contributed by atoms with Gasteiger partial charge in [0.25, 0.3) is 0 Å². The first kappa shape index (κ1) is 12.8. The minimum absolute atomic E-state index is 0.315. The highest BCUT2D eigenvalue weighted by atomic mass is 16.5. The van der Waals surface area contributed by atoms with Gasteiger partial charge in [0.15, 0.2) is 0 Å². The molecule has 0 amide bonds. The summed E-state index contributed by atoms with van der Waals surface area (Å²) in [5.74, 6) is 1.78. The first-order valence-electron chi connectivity index (χ1n) is 5.72. The van der Waals surface area contributed by atoms with Crippen molar-refractivity contribution in [1.82, 2.24) is 5.32 Å². The lowest BCUT2D eigenvalue weighted by Crippen LogP contribution is -2.20. The zero-order chi connectivity index (χ0) is 12.0. The van der Waals surface area contributed by atoms with E-state index in [-0.39, 0.29) is 0 Å². The third-order valence-corrected chi connectivity index (χ3v) is 2.67. The van der Waals surface area contributed by atoms with Gasteiger partial charge in [-0.15, -0.1) is 0 Å². The van der Waals surface area contributed by atoms with E-state index in [0.717, 1.165) is 30.0 Å². The van der Waals surface area contributed by atoms with Crippen LogP contribution in [0.25, 0.3) is 0 Å². The molecule has 0 aliphatic carbocycles. The van der Waals surface area contributed by atoms with Gasteiger partial charge < -0.3 is 14.8 Å². The van der Waals surface area contributed by atoms with Crippen LogP contribution in [0.2, 0.25) is 0 Å². The zero-order valence-electron chi connectivity index (χ0n) is 10.5. The summed E-state index contributed by atoms with van der Waals surface area (Å²) in [7, 11) is 3.38. The van der Waals surface area contributed by atoms with E-state index in [9.17, 15) is 0 Å². The van der Waals surface area contributed by atoms with E-state index in [1.165, 1.54) is 0 Å². The quantitative estimate of drug-likeness (QED) is 0.804. The monoisotopic (exact) mass is 223 g/mol. The molecule has 0 spiro atoms. The number of ether oxygens (including phenoxy) is 2. The summed E-state index contributed by atoms with van der Waals surface area (Å²) in [6.07, 6.45) is 1.03. The Labute approximate surface area is 97.8 Å². The Balaban J connectivity index is 3.05. The van der Waals surface area contributed by atoms with Crippen LogP contribution in [-0.2, 0) is 0 Å². The molecule has 0 fully saturated rings. The summed E-state index contributed by atoms with van der Waals surface area (Å²) in [5.41, 5.74) is 1.16. The lowest BCUT2D eigenvalue weighted by atomic mass is 10.0. The number of rotatable bonds is 6. The van der Waals surface area contributed by atoms with Crippen molar-refractivity contribution in [2.75, 3.05) is 20.8 Å². The van der Waals surface area contributed by atoms with Crippen LogP contribution in [-0.4, -0.2) is 20.8 Å². The molecule has 1 rings (SSSR count). The summed E-state index contributed by atoms with van der Waals surface area (Å²) >= 11 is 0. The topological polar surface area (TPSA) is 30.5 Å². The molecule has 3 nitrogen and oxygen atoms in total. The van der Waals surface area contributed by atoms with Gasteiger partial charge in [0, 0.05) is 11.6 Å². The maximum atomic E-state index is 5.38. The fraction of sp³-hybridized carbons (Fsp3) is 0.538. The second kappa shape index (κ2) is 6.38. The number of methoxy groups -OCH3 is 2. The molecule has 0 aliphatic rings.